The molecule has 1 heterocycles. The highest BCUT2D eigenvalue weighted by atomic mass is 35.5. The minimum Gasteiger partial charge on any atom is -0.235 e. The molecule has 1 aliphatic rings. The number of rotatable bonds is 3. The molecule has 2 rings (SSSR count). The maximum Gasteiger partial charge on any atom is 0.215 e. The summed E-state index contributed by atoms with van der Waals surface area (Å²) in [7, 11) is 0. The largest absolute Gasteiger partial charge is 0.235 e. The van der Waals surface area contributed by atoms with Crippen molar-refractivity contribution in [2.24, 2.45) is 0 Å². The summed E-state index contributed by atoms with van der Waals surface area (Å²) in [6.45, 7) is 4.76. The van der Waals surface area contributed by atoms with Crippen molar-refractivity contribution in [2.45, 2.75) is 6.92 Å². The lowest BCUT2D eigenvalue weighted by atomic mass is 10.0. The average Bonchev–Trinajstić information content (AvgIpc) is 2.37. The van der Waals surface area contributed by atoms with Gasteiger partial charge in [-0.2, -0.15) is 0 Å². The molecule has 0 aliphatic carbocycles. The van der Waals surface area contributed by atoms with Crippen molar-refractivity contribution in [2.75, 3.05) is 6.86 Å². The molecular weight excluding hydrogens is 253 g/mol. The van der Waals surface area contributed by atoms with Gasteiger partial charge in [0.25, 0.3) is 0 Å². The van der Waals surface area contributed by atoms with Crippen molar-refractivity contribution < 1.29 is 9.23 Å². The first-order valence-corrected chi connectivity index (χ1v) is 5.84. The van der Waals surface area contributed by atoms with Crippen LogP contribution >= 0.6 is 11.6 Å². The zero-order valence-electron chi connectivity index (χ0n) is 9.99. The second-order valence-electron chi connectivity index (χ2n) is 3.87. The number of hydrogen-bond acceptors (Lipinski definition) is 2. The smallest absolute Gasteiger partial charge is 0.215 e. The minimum atomic E-state index is -0.938. The van der Waals surface area contributed by atoms with E-state index in [1.54, 1.807) is 6.08 Å². The highest BCUT2D eigenvalue weighted by Gasteiger charge is 2.24. The Morgan fingerprint density at radius 2 is 2.00 bits per heavy atom. The summed E-state index contributed by atoms with van der Waals surface area (Å²) in [6, 6.07) is 9.58. The lowest BCUT2D eigenvalue weighted by Gasteiger charge is -2.31. The Morgan fingerprint density at radius 3 is 2.61 bits per heavy atom. The second-order valence-corrected chi connectivity index (χ2v) is 4.28. The molecule has 1 aromatic carbocycles. The van der Waals surface area contributed by atoms with Gasteiger partial charge in [0, 0.05) is 5.56 Å². The third kappa shape index (κ3) is 2.33. The molecule has 0 amide bonds. The number of hydrogen-bond donors (Lipinski definition) is 0. The Kier molecular flexibility index (Phi) is 3.84. The van der Waals surface area contributed by atoms with E-state index in [1.807, 2.05) is 37.3 Å². The van der Waals surface area contributed by atoms with Gasteiger partial charge in [0.05, 0.1) is 16.4 Å². The summed E-state index contributed by atoms with van der Waals surface area (Å²) < 4.78 is 12.5. The van der Waals surface area contributed by atoms with E-state index >= 15 is 0 Å². The number of alkyl halides is 1. The summed E-state index contributed by atoms with van der Waals surface area (Å²) in [6.07, 6.45) is 1.80. The molecule has 0 N–H and O–H groups in total. The van der Waals surface area contributed by atoms with Gasteiger partial charge in [-0.3, -0.25) is 0 Å². The Hall–Kier alpha value is -1.58. The van der Waals surface area contributed by atoms with Crippen molar-refractivity contribution >= 4 is 17.3 Å². The van der Waals surface area contributed by atoms with Gasteiger partial charge in [-0.1, -0.05) is 48.5 Å². The lowest BCUT2D eigenvalue weighted by Crippen LogP contribution is -2.24. The second kappa shape index (κ2) is 5.38. The molecule has 0 saturated heterocycles. The fraction of sp³-hybridized carbons (Fsp3) is 0.143. The minimum absolute atomic E-state index is 0.429. The summed E-state index contributed by atoms with van der Waals surface area (Å²) in [5, 5.41) is 1.79. The lowest BCUT2D eigenvalue weighted by molar-refractivity contribution is -0.119. The topological polar surface area (TPSA) is 12.5 Å². The molecule has 4 heteroatoms. The van der Waals surface area contributed by atoms with Crippen LogP contribution in [0.3, 0.4) is 0 Å². The highest BCUT2D eigenvalue weighted by Crippen LogP contribution is 2.36. The first kappa shape index (κ1) is 12.9. The zero-order valence-corrected chi connectivity index (χ0v) is 10.7. The molecule has 2 nitrogen and oxygen atoms in total. The average molecular weight is 266 g/mol. The molecule has 0 saturated carbocycles. The van der Waals surface area contributed by atoms with Crippen molar-refractivity contribution in [3.8, 4) is 0 Å². The third-order valence-electron chi connectivity index (χ3n) is 2.67. The van der Waals surface area contributed by atoms with Crippen LogP contribution < -0.4 is 0 Å². The summed E-state index contributed by atoms with van der Waals surface area (Å²) >= 11 is 6.03. The Balaban J connectivity index is 2.52. The van der Waals surface area contributed by atoms with E-state index in [9.17, 15) is 4.39 Å². The van der Waals surface area contributed by atoms with Crippen LogP contribution in [0, 0.1) is 0 Å². The molecule has 1 aromatic rings. The first-order chi connectivity index (χ1) is 8.65. The van der Waals surface area contributed by atoms with E-state index in [1.165, 1.54) is 5.06 Å². The number of allylic oxidation sites excluding steroid dienone is 3. The van der Waals surface area contributed by atoms with Crippen molar-refractivity contribution in [1.82, 2.24) is 5.06 Å². The summed E-state index contributed by atoms with van der Waals surface area (Å²) in [5.74, 6) is 0. The normalized spacial score (nSPS) is 16.1. The highest BCUT2D eigenvalue weighted by molar-refractivity contribution is 6.32. The van der Waals surface area contributed by atoms with Crippen LogP contribution in [0.1, 0.15) is 12.5 Å². The van der Waals surface area contributed by atoms with Crippen molar-refractivity contribution in [3.63, 3.8) is 0 Å². The van der Waals surface area contributed by atoms with Crippen LogP contribution in [0.2, 0.25) is 0 Å². The van der Waals surface area contributed by atoms with E-state index in [0.717, 1.165) is 16.8 Å². The van der Waals surface area contributed by atoms with Crippen molar-refractivity contribution in [1.29, 1.82) is 0 Å². The van der Waals surface area contributed by atoms with Gasteiger partial charge in [0.2, 0.25) is 6.86 Å². The fourth-order valence-corrected chi connectivity index (χ4v) is 2.11. The van der Waals surface area contributed by atoms with Crippen LogP contribution in [-0.2, 0) is 4.84 Å². The number of benzene rings is 1. The molecule has 0 unspecified atom stereocenters. The van der Waals surface area contributed by atoms with Gasteiger partial charge in [0.15, 0.2) is 0 Å². The molecule has 0 atom stereocenters. The molecule has 0 spiro atoms. The van der Waals surface area contributed by atoms with Gasteiger partial charge >= 0.3 is 0 Å². The number of halogens is 2. The summed E-state index contributed by atoms with van der Waals surface area (Å²) in [4.78, 5) is 4.99. The van der Waals surface area contributed by atoms with Gasteiger partial charge in [-0.05, 0) is 18.6 Å². The summed E-state index contributed by atoms with van der Waals surface area (Å²) in [5.41, 5.74) is 3.00. The predicted octanol–water partition coefficient (Wildman–Crippen LogP) is 4.23. The number of nitrogens with zero attached hydrogens (tertiary/aromatic N) is 1. The predicted molar refractivity (Wildman–Crippen MR) is 71.0 cm³/mol. The molecule has 1 aliphatic heterocycles. The van der Waals surface area contributed by atoms with Gasteiger partial charge in [0.1, 0.15) is 0 Å². The van der Waals surface area contributed by atoms with Crippen molar-refractivity contribution in [3.05, 3.63) is 64.9 Å². The van der Waals surface area contributed by atoms with Gasteiger partial charge in [-0.25, -0.2) is 14.3 Å². The van der Waals surface area contributed by atoms with Gasteiger partial charge in [-0.15, -0.1) is 0 Å². The number of hydroxylamine groups is 2. The zero-order chi connectivity index (χ0) is 13.1. The standard InChI is InChI=1S/C14H13ClFNO/c1-10-8-13(15)11(2)17(18-9-16)14(10)12-6-4-3-5-7-12/h3-8H,2,9H2,1H3. The molecular formula is C14H13ClFNO. The monoisotopic (exact) mass is 265 g/mol. The Morgan fingerprint density at radius 1 is 1.33 bits per heavy atom. The maximum atomic E-state index is 12.5. The maximum absolute atomic E-state index is 12.5. The SMILES string of the molecule is C=C1C(Cl)=CC(C)=C(c2ccccc2)N1OCF. The Labute approximate surface area is 111 Å². The van der Waals surface area contributed by atoms with Crippen LogP contribution in [0.15, 0.2) is 59.3 Å². The van der Waals surface area contributed by atoms with E-state index in [-0.39, 0.29) is 0 Å². The molecule has 0 bridgehead atoms. The fourth-order valence-electron chi connectivity index (χ4n) is 1.87. The van der Waals surface area contributed by atoms with Crippen LogP contribution in [0.25, 0.3) is 5.70 Å². The van der Waals surface area contributed by atoms with E-state index in [0.29, 0.717) is 10.7 Å². The van der Waals surface area contributed by atoms with Crippen LogP contribution in [0.4, 0.5) is 4.39 Å². The third-order valence-corrected chi connectivity index (χ3v) is 2.99. The Bertz CT molecular complexity index is 522. The van der Waals surface area contributed by atoms with E-state index in [2.05, 4.69) is 6.58 Å². The molecule has 0 aromatic heterocycles. The van der Waals surface area contributed by atoms with Gasteiger partial charge < -0.3 is 0 Å². The molecule has 0 radical (unpaired) electrons. The molecule has 0 fully saturated rings. The quantitative estimate of drug-likeness (QED) is 0.811. The molecule has 94 valence electrons. The molecule has 18 heavy (non-hydrogen) atoms. The first-order valence-electron chi connectivity index (χ1n) is 5.47. The van der Waals surface area contributed by atoms with Crippen LogP contribution in [-0.4, -0.2) is 11.9 Å². The van der Waals surface area contributed by atoms with Crippen LogP contribution in [0.5, 0.6) is 0 Å². The van der Waals surface area contributed by atoms with E-state index < -0.39 is 6.86 Å². The van der Waals surface area contributed by atoms with E-state index in [4.69, 9.17) is 16.4 Å².